The lowest BCUT2D eigenvalue weighted by Gasteiger charge is -2.22. The molecule has 1 N–H and O–H groups in total. The van der Waals surface area contributed by atoms with Crippen LogP contribution in [-0.2, 0) is 4.79 Å². The first-order valence-corrected chi connectivity index (χ1v) is 6.17. The number of rotatable bonds is 5. The number of carboxylic acid groups (broad SMARTS) is 1. The van der Waals surface area contributed by atoms with Crippen LogP contribution in [0.4, 0.5) is 5.69 Å². The molecule has 0 aliphatic heterocycles. The van der Waals surface area contributed by atoms with Crippen LogP contribution in [0.1, 0.15) is 16.8 Å². The van der Waals surface area contributed by atoms with E-state index >= 15 is 0 Å². The van der Waals surface area contributed by atoms with Crippen molar-refractivity contribution in [1.82, 2.24) is 4.98 Å². The van der Waals surface area contributed by atoms with Crippen LogP contribution in [0.3, 0.4) is 0 Å². The number of benzene rings is 1. The SMILES string of the molecule is O=C(O)CCN(C(=O)c1cccnc1)c1ccccc1. The molecule has 20 heavy (non-hydrogen) atoms. The van der Waals surface area contributed by atoms with Gasteiger partial charge >= 0.3 is 5.97 Å². The second-order valence-electron chi connectivity index (χ2n) is 4.18. The van der Waals surface area contributed by atoms with Crippen molar-refractivity contribution in [2.45, 2.75) is 6.42 Å². The van der Waals surface area contributed by atoms with E-state index in [1.165, 1.54) is 11.1 Å². The highest BCUT2D eigenvalue weighted by Gasteiger charge is 2.18. The highest BCUT2D eigenvalue weighted by Crippen LogP contribution is 2.16. The summed E-state index contributed by atoms with van der Waals surface area (Å²) in [7, 11) is 0. The van der Waals surface area contributed by atoms with Crippen molar-refractivity contribution in [1.29, 1.82) is 0 Å². The Morgan fingerprint density at radius 1 is 1.10 bits per heavy atom. The molecule has 0 fully saturated rings. The Labute approximate surface area is 116 Å². The lowest BCUT2D eigenvalue weighted by molar-refractivity contribution is -0.136. The molecule has 0 spiro atoms. The Morgan fingerprint density at radius 3 is 2.45 bits per heavy atom. The zero-order valence-corrected chi connectivity index (χ0v) is 10.8. The highest BCUT2D eigenvalue weighted by atomic mass is 16.4. The van der Waals surface area contributed by atoms with Gasteiger partial charge in [-0.15, -0.1) is 0 Å². The minimum Gasteiger partial charge on any atom is -0.481 e. The third-order valence-electron chi connectivity index (χ3n) is 2.77. The van der Waals surface area contributed by atoms with E-state index in [9.17, 15) is 9.59 Å². The van der Waals surface area contributed by atoms with Crippen LogP contribution in [0.25, 0.3) is 0 Å². The first-order valence-electron chi connectivity index (χ1n) is 6.17. The van der Waals surface area contributed by atoms with Crippen molar-refractivity contribution in [3.05, 3.63) is 60.4 Å². The van der Waals surface area contributed by atoms with Crippen LogP contribution in [0, 0.1) is 0 Å². The molecule has 1 amide bonds. The molecule has 5 nitrogen and oxygen atoms in total. The number of para-hydroxylation sites is 1. The van der Waals surface area contributed by atoms with Gasteiger partial charge < -0.3 is 10.0 Å². The maximum atomic E-state index is 12.5. The molecule has 0 atom stereocenters. The molecule has 0 aliphatic carbocycles. The van der Waals surface area contributed by atoms with Crippen molar-refractivity contribution in [2.75, 3.05) is 11.4 Å². The zero-order chi connectivity index (χ0) is 14.4. The van der Waals surface area contributed by atoms with E-state index < -0.39 is 5.97 Å². The quantitative estimate of drug-likeness (QED) is 0.904. The van der Waals surface area contributed by atoms with E-state index in [0.717, 1.165) is 0 Å². The molecule has 0 radical (unpaired) electrons. The van der Waals surface area contributed by atoms with Gasteiger partial charge in [-0.3, -0.25) is 14.6 Å². The summed E-state index contributed by atoms with van der Waals surface area (Å²) in [5.74, 6) is -1.20. The number of carbonyl (C=O) groups excluding carboxylic acids is 1. The molecule has 5 heteroatoms. The summed E-state index contributed by atoms with van der Waals surface area (Å²) in [4.78, 5) is 28.6. The van der Waals surface area contributed by atoms with E-state index in [1.54, 1.807) is 42.6 Å². The summed E-state index contributed by atoms with van der Waals surface area (Å²) in [5.41, 5.74) is 1.10. The number of pyridine rings is 1. The van der Waals surface area contributed by atoms with E-state index in [0.29, 0.717) is 11.3 Å². The molecular formula is C15H14N2O3. The summed E-state index contributed by atoms with van der Waals surface area (Å²) in [6, 6.07) is 12.3. The molecule has 102 valence electrons. The van der Waals surface area contributed by atoms with Gasteiger partial charge in [0.1, 0.15) is 0 Å². The zero-order valence-electron chi connectivity index (χ0n) is 10.8. The molecule has 0 saturated carbocycles. The fourth-order valence-electron chi connectivity index (χ4n) is 1.81. The summed E-state index contributed by atoms with van der Waals surface area (Å²) in [6.07, 6.45) is 2.95. The van der Waals surface area contributed by atoms with E-state index in [1.807, 2.05) is 6.07 Å². The Bertz CT molecular complexity index is 585. The van der Waals surface area contributed by atoms with Crippen molar-refractivity contribution in [2.24, 2.45) is 0 Å². The first kappa shape index (κ1) is 13.7. The monoisotopic (exact) mass is 270 g/mol. The maximum absolute atomic E-state index is 12.5. The highest BCUT2D eigenvalue weighted by molar-refractivity contribution is 6.06. The van der Waals surface area contributed by atoms with Gasteiger partial charge in [0, 0.05) is 24.6 Å². The van der Waals surface area contributed by atoms with Gasteiger partial charge in [-0.1, -0.05) is 18.2 Å². The smallest absolute Gasteiger partial charge is 0.305 e. The van der Waals surface area contributed by atoms with Gasteiger partial charge in [0.25, 0.3) is 5.91 Å². The molecule has 0 unspecified atom stereocenters. The average Bonchev–Trinajstić information content (AvgIpc) is 2.49. The number of hydrogen-bond donors (Lipinski definition) is 1. The van der Waals surface area contributed by atoms with E-state index in [4.69, 9.17) is 5.11 Å². The fraction of sp³-hybridized carbons (Fsp3) is 0.133. The molecule has 1 aromatic heterocycles. The molecular weight excluding hydrogens is 256 g/mol. The Kier molecular flexibility index (Phi) is 4.44. The number of aromatic nitrogens is 1. The van der Waals surface area contributed by atoms with Gasteiger partial charge in [-0.2, -0.15) is 0 Å². The summed E-state index contributed by atoms with van der Waals surface area (Å²) in [6.45, 7) is 0.118. The molecule has 2 rings (SSSR count). The maximum Gasteiger partial charge on any atom is 0.305 e. The Hall–Kier alpha value is -2.69. The van der Waals surface area contributed by atoms with Crippen LogP contribution < -0.4 is 4.90 Å². The van der Waals surface area contributed by atoms with Gasteiger partial charge in [0.05, 0.1) is 12.0 Å². The number of amides is 1. The second-order valence-corrected chi connectivity index (χ2v) is 4.18. The van der Waals surface area contributed by atoms with Crippen LogP contribution in [0.5, 0.6) is 0 Å². The predicted molar refractivity (Wildman–Crippen MR) is 74.6 cm³/mol. The van der Waals surface area contributed by atoms with Crippen LogP contribution in [0.2, 0.25) is 0 Å². The van der Waals surface area contributed by atoms with Crippen molar-refractivity contribution >= 4 is 17.6 Å². The standard InChI is InChI=1S/C15H14N2O3/c18-14(19)8-10-17(13-6-2-1-3-7-13)15(20)12-5-4-9-16-11-12/h1-7,9,11H,8,10H2,(H,18,19). The number of nitrogens with zero attached hydrogens (tertiary/aromatic N) is 2. The third kappa shape index (κ3) is 3.41. The topological polar surface area (TPSA) is 70.5 Å². The summed E-state index contributed by atoms with van der Waals surface area (Å²) < 4.78 is 0. The molecule has 1 heterocycles. The number of carbonyl (C=O) groups is 2. The van der Waals surface area contributed by atoms with E-state index in [-0.39, 0.29) is 18.9 Å². The van der Waals surface area contributed by atoms with Crippen molar-refractivity contribution < 1.29 is 14.7 Å². The summed E-state index contributed by atoms with van der Waals surface area (Å²) >= 11 is 0. The third-order valence-corrected chi connectivity index (χ3v) is 2.77. The molecule has 0 aliphatic rings. The minimum atomic E-state index is -0.940. The number of carboxylic acids is 1. The molecule has 2 aromatic rings. The lowest BCUT2D eigenvalue weighted by Crippen LogP contribution is -2.33. The lowest BCUT2D eigenvalue weighted by atomic mass is 10.2. The molecule has 0 bridgehead atoms. The fourth-order valence-corrected chi connectivity index (χ4v) is 1.81. The molecule has 1 aromatic carbocycles. The number of anilines is 1. The summed E-state index contributed by atoms with van der Waals surface area (Å²) in [5, 5.41) is 8.81. The van der Waals surface area contributed by atoms with Crippen LogP contribution in [-0.4, -0.2) is 28.5 Å². The largest absolute Gasteiger partial charge is 0.481 e. The first-order chi connectivity index (χ1) is 9.68. The minimum absolute atomic E-state index is 0.110. The normalized spacial score (nSPS) is 10.0. The average molecular weight is 270 g/mol. The van der Waals surface area contributed by atoms with Gasteiger partial charge in [-0.25, -0.2) is 0 Å². The van der Waals surface area contributed by atoms with Crippen LogP contribution in [0.15, 0.2) is 54.9 Å². The second kappa shape index (κ2) is 6.47. The number of hydrogen-bond acceptors (Lipinski definition) is 3. The predicted octanol–water partition coefficient (Wildman–Crippen LogP) is 2.20. The Balaban J connectivity index is 2.27. The van der Waals surface area contributed by atoms with Crippen molar-refractivity contribution in [3.63, 3.8) is 0 Å². The van der Waals surface area contributed by atoms with E-state index in [2.05, 4.69) is 4.98 Å². The van der Waals surface area contributed by atoms with Crippen LogP contribution >= 0.6 is 0 Å². The van der Waals surface area contributed by atoms with Gasteiger partial charge in [0.2, 0.25) is 0 Å². The van der Waals surface area contributed by atoms with Gasteiger partial charge in [-0.05, 0) is 24.3 Å². The number of aliphatic carboxylic acids is 1. The van der Waals surface area contributed by atoms with Gasteiger partial charge in [0.15, 0.2) is 0 Å². The molecule has 0 saturated heterocycles. The Morgan fingerprint density at radius 2 is 1.85 bits per heavy atom. The van der Waals surface area contributed by atoms with Crippen molar-refractivity contribution in [3.8, 4) is 0 Å².